The molecule has 0 aliphatic carbocycles. The van der Waals surface area contributed by atoms with Gasteiger partial charge in [-0.1, -0.05) is 32.0 Å². The molecule has 2 aromatic rings. The summed E-state index contributed by atoms with van der Waals surface area (Å²) in [6.45, 7) is 4.22. The summed E-state index contributed by atoms with van der Waals surface area (Å²) < 4.78 is 5.65. The van der Waals surface area contributed by atoms with Crippen molar-refractivity contribution in [2.24, 2.45) is 5.92 Å². The van der Waals surface area contributed by atoms with Crippen LogP contribution in [0, 0.1) is 5.92 Å². The lowest BCUT2D eigenvalue weighted by atomic mass is 10.0. The number of aliphatic carboxylic acids is 1. The van der Waals surface area contributed by atoms with Crippen molar-refractivity contribution < 1.29 is 19.4 Å². The molecule has 1 atom stereocenters. The van der Waals surface area contributed by atoms with Crippen LogP contribution in [0.2, 0.25) is 0 Å². The molecule has 0 aliphatic rings. The standard InChI is InChI=1S/C20H24N2O4/c1-14(2)11-18(20(24)25)22-19(23)12-15-6-8-17(9-7-15)26-13-16-5-3-4-10-21-16/h3-10,14,18H,11-13H2,1-2H3,(H,22,23)(H,24,25)/t18-/m1/s1. The molecule has 138 valence electrons. The summed E-state index contributed by atoms with van der Waals surface area (Å²) >= 11 is 0. The fraction of sp³-hybridized carbons (Fsp3) is 0.350. The van der Waals surface area contributed by atoms with Crippen LogP contribution >= 0.6 is 0 Å². The number of nitrogens with one attached hydrogen (secondary N) is 1. The second kappa shape index (κ2) is 9.56. The molecule has 1 amide bonds. The Morgan fingerprint density at radius 2 is 1.88 bits per heavy atom. The largest absolute Gasteiger partial charge is 0.487 e. The first kappa shape index (κ1) is 19.4. The Morgan fingerprint density at radius 1 is 1.15 bits per heavy atom. The highest BCUT2D eigenvalue weighted by atomic mass is 16.5. The average molecular weight is 356 g/mol. The fourth-order valence-corrected chi connectivity index (χ4v) is 2.47. The number of nitrogens with zero attached hydrogens (tertiary/aromatic N) is 1. The number of benzene rings is 1. The van der Waals surface area contributed by atoms with Crippen LogP contribution in [0.25, 0.3) is 0 Å². The van der Waals surface area contributed by atoms with Crippen LogP contribution in [-0.4, -0.2) is 28.0 Å². The van der Waals surface area contributed by atoms with Crippen LogP contribution in [-0.2, 0) is 22.6 Å². The lowest BCUT2D eigenvalue weighted by molar-refractivity contribution is -0.142. The quantitative estimate of drug-likeness (QED) is 0.721. The summed E-state index contributed by atoms with van der Waals surface area (Å²) in [5, 5.41) is 11.8. The topological polar surface area (TPSA) is 88.5 Å². The molecule has 26 heavy (non-hydrogen) atoms. The van der Waals surface area contributed by atoms with Crippen LogP contribution < -0.4 is 10.1 Å². The van der Waals surface area contributed by atoms with Crippen molar-refractivity contribution in [3.63, 3.8) is 0 Å². The number of carboxylic acids is 1. The number of rotatable bonds is 9. The highest BCUT2D eigenvalue weighted by Crippen LogP contribution is 2.14. The van der Waals surface area contributed by atoms with Crippen LogP contribution in [0.3, 0.4) is 0 Å². The number of carbonyl (C=O) groups is 2. The van der Waals surface area contributed by atoms with Gasteiger partial charge in [0, 0.05) is 6.20 Å². The van der Waals surface area contributed by atoms with Gasteiger partial charge in [0.2, 0.25) is 5.91 Å². The molecule has 6 heteroatoms. The lowest BCUT2D eigenvalue weighted by Crippen LogP contribution is -2.42. The van der Waals surface area contributed by atoms with E-state index in [4.69, 9.17) is 4.74 Å². The van der Waals surface area contributed by atoms with E-state index in [0.717, 1.165) is 11.3 Å². The van der Waals surface area contributed by atoms with E-state index >= 15 is 0 Å². The SMILES string of the molecule is CC(C)C[C@@H](NC(=O)Cc1ccc(OCc2ccccn2)cc1)C(=O)O. The van der Waals surface area contributed by atoms with E-state index in [1.807, 2.05) is 32.0 Å². The smallest absolute Gasteiger partial charge is 0.326 e. The van der Waals surface area contributed by atoms with Gasteiger partial charge in [0.05, 0.1) is 12.1 Å². The Hall–Kier alpha value is -2.89. The maximum Gasteiger partial charge on any atom is 0.326 e. The molecule has 0 aliphatic heterocycles. The lowest BCUT2D eigenvalue weighted by Gasteiger charge is -2.16. The minimum atomic E-state index is -1.01. The summed E-state index contributed by atoms with van der Waals surface area (Å²) in [5.74, 6) is -0.444. The van der Waals surface area contributed by atoms with E-state index in [9.17, 15) is 14.7 Å². The summed E-state index contributed by atoms with van der Waals surface area (Å²) in [4.78, 5) is 27.5. The maximum absolute atomic E-state index is 12.1. The van der Waals surface area contributed by atoms with Crippen molar-refractivity contribution in [2.75, 3.05) is 0 Å². The molecule has 0 spiro atoms. The second-order valence-electron chi connectivity index (χ2n) is 6.52. The maximum atomic E-state index is 12.1. The summed E-state index contributed by atoms with van der Waals surface area (Å²) in [7, 11) is 0. The molecular weight excluding hydrogens is 332 g/mol. The van der Waals surface area contributed by atoms with Crippen molar-refractivity contribution in [2.45, 2.75) is 39.3 Å². The van der Waals surface area contributed by atoms with Gasteiger partial charge in [-0.05, 0) is 42.2 Å². The van der Waals surface area contributed by atoms with Crippen molar-refractivity contribution >= 4 is 11.9 Å². The van der Waals surface area contributed by atoms with Gasteiger partial charge in [-0.2, -0.15) is 0 Å². The van der Waals surface area contributed by atoms with Gasteiger partial charge in [0.1, 0.15) is 18.4 Å². The number of hydrogen-bond acceptors (Lipinski definition) is 4. The summed E-state index contributed by atoms with van der Waals surface area (Å²) in [5.41, 5.74) is 1.63. The highest BCUT2D eigenvalue weighted by molar-refractivity contribution is 5.84. The van der Waals surface area contributed by atoms with Crippen molar-refractivity contribution in [1.82, 2.24) is 10.3 Å². The molecule has 0 unspecified atom stereocenters. The average Bonchev–Trinajstić information content (AvgIpc) is 2.61. The molecule has 2 N–H and O–H groups in total. The van der Waals surface area contributed by atoms with Crippen molar-refractivity contribution in [3.05, 3.63) is 59.9 Å². The number of carboxylic acid groups (broad SMARTS) is 1. The Balaban J connectivity index is 1.85. The first-order valence-electron chi connectivity index (χ1n) is 8.58. The van der Waals surface area contributed by atoms with Crippen molar-refractivity contribution in [1.29, 1.82) is 0 Å². The molecule has 1 heterocycles. The minimum absolute atomic E-state index is 0.127. The number of carbonyl (C=O) groups excluding carboxylic acids is 1. The zero-order valence-electron chi connectivity index (χ0n) is 15.0. The number of aromatic nitrogens is 1. The first-order chi connectivity index (χ1) is 12.4. The van der Waals surface area contributed by atoms with E-state index in [-0.39, 0.29) is 18.2 Å². The van der Waals surface area contributed by atoms with E-state index < -0.39 is 12.0 Å². The third kappa shape index (κ3) is 6.55. The first-order valence-corrected chi connectivity index (χ1v) is 8.58. The summed E-state index contributed by atoms with van der Waals surface area (Å²) in [6, 6.07) is 11.9. The number of hydrogen-bond donors (Lipinski definition) is 2. The van der Waals surface area contributed by atoms with Crippen LogP contribution in [0.15, 0.2) is 48.7 Å². The summed E-state index contributed by atoms with van der Waals surface area (Å²) in [6.07, 6.45) is 2.24. The van der Waals surface area contributed by atoms with Crippen LogP contribution in [0.1, 0.15) is 31.5 Å². The highest BCUT2D eigenvalue weighted by Gasteiger charge is 2.20. The molecule has 6 nitrogen and oxygen atoms in total. The minimum Gasteiger partial charge on any atom is -0.487 e. The molecule has 0 saturated heterocycles. The van der Waals surface area contributed by atoms with Gasteiger partial charge in [-0.15, -0.1) is 0 Å². The molecule has 1 aromatic carbocycles. The molecule has 2 rings (SSSR count). The van der Waals surface area contributed by atoms with Gasteiger partial charge in [0.25, 0.3) is 0 Å². The zero-order chi connectivity index (χ0) is 18.9. The Labute approximate surface area is 153 Å². The van der Waals surface area contributed by atoms with E-state index in [1.54, 1.807) is 30.5 Å². The van der Waals surface area contributed by atoms with Crippen molar-refractivity contribution in [3.8, 4) is 5.75 Å². The predicted molar refractivity (Wildman–Crippen MR) is 97.7 cm³/mol. The monoisotopic (exact) mass is 356 g/mol. The third-order valence-electron chi connectivity index (χ3n) is 3.74. The predicted octanol–water partition coefficient (Wildman–Crippen LogP) is 2.82. The Kier molecular flexibility index (Phi) is 7.14. The Bertz CT molecular complexity index is 714. The fourth-order valence-electron chi connectivity index (χ4n) is 2.47. The molecule has 0 saturated carbocycles. The van der Waals surface area contributed by atoms with Gasteiger partial charge in [-0.25, -0.2) is 4.79 Å². The molecule has 1 aromatic heterocycles. The van der Waals surface area contributed by atoms with Gasteiger partial charge >= 0.3 is 5.97 Å². The Morgan fingerprint density at radius 3 is 2.46 bits per heavy atom. The molecular formula is C20H24N2O4. The second-order valence-corrected chi connectivity index (χ2v) is 6.52. The third-order valence-corrected chi connectivity index (χ3v) is 3.74. The molecule has 0 fully saturated rings. The van der Waals surface area contributed by atoms with E-state index in [2.05, 4.69) is 10.3 Å². The van der Waals surface area contributed by atoms with Gasteiger partial charge < -0.3 is 15.2 Å². The zero-order valence-corrected chi connectivity index (χ0v) is 15.0. The number of amides is 1. The molecule has 0 radical (unpaired) electrons. The van der Waals surface area contributed by atoms with Crippen LogP contribution in [0.5, 0.6) is 5.75 Å². The van der Waals surface area contributed by atoms with E-state index in [1.165, 1.54) is 0 Å². The van der Waals surface area contributed by atoms with Crippen LogP contribution in [0.4, 0.5) is 0 Å². The van der Waals surface area contributed by atoms with E-state index in [0.29, 0.717) is 18.8 Å². The number of pyridine rings is 1. The normalized spacial score (nSPS) is 11.8. The van der Waals surface area contributed by atoms with Gasteiger partial charge in [0.15, 0.2) is 0 Å². The molecule has 0 bridgehead atoms. The van der Waals surface area contributed by atoms with Gasteiger partial charge in [-0.3, -0.25) is 9.78 Å². The number of ether oxygens (including phenoxy) is 1.